The monoisotopic (exact) mass is 294 g/mol. The second kappa shape index (κ2) is 6.49. The van der Waals surface area contributed by atoms with E-state index in [1.807, 2.05) is 6.92 Å². The Balaban J connectivity index is 2.10. The van der Waals surface area contributed by atoms with Crippen molar-refractivity contribution in [2.45, 2.75) is 25.9 Å². The fraction of sp³-hybridized carbons (Fsp3) is 0.538. The van der Waals surface area contributed by atoms with Crippen LogP contribution in [0.4, 0.5) is 11.5 Å². The van der Waals surface area contributed by atoms with Gasteiger partial charge >= 0.3 is 0 Å². The molecule has 0 unspecified atom stereocenters. The van der Waals surface area contributed by atoms with Crippen LogP contribution in [-0.2, 0) is 4.74 Å². The van der Waals surface area contributed by atoms with E-state index < -0.39 is 4.92 Å². The van der Waals surface area contributed by atoms with Gasteiger partial charge in [-0.25, -0.2) is 4.98 Å². The molecule has 0 aliphatic carbocycles. The van der Waals surface area contributed by atoms with E-state index in [4.69, 9.17) is 10.5 Å². The molecule has 0 radical (unpaired) electrons. The number of amides is 1. The topological polar surface area (TPSA) is 112 Å². The van der Waals surface area contributed by atoms with Gasteiger partial charge in [0.2, 0.25) is 0 Å². The Kier molecular flexibility index (Phi) is 4.69. The highest BCUT2D eigenvalue weighted by atomic mass is 16.6. The minimum Gasteiger partial charge on any atom is -0.383 e. The van der Waals surface area contributed by atoms with Gasteiger partial charge < -0.3 is 15.4 Å². The van der Waals surface area contributed by atoms with E-state index in [0.717, 1.165) is 19.0 Å². The van der Waals surface area contributed by atoms with Gasteiger partial charge in [0.05, 0.1) is 16.6 Å². The number of hydrogen-bond donors (Lipinski definition) is 1. The van der Waals surface area contributed by atoms with Gasteiger partial charge in [0.25, 0.3) is 11.6 Å². The molecule has 0 bridgehead atoms. The number of carbonyl (C=O) groups excluding carboxylic acids is 1. The molecule has 8 heteroatoms. The van der Waals surface area contributed by atoms with E-state index in [1.165, 1.54) is 6.07 Å². The maximum atomic E-state index is 12.4. The maximum Gasteiger partial charge on any atom is 0.288 e. The van der Waals surface area contributed by atoms with E-state index in [0.29, 0.717) is 19.7 Å². The van der Waals surface area contributed by atoms with Crippen LogP contribution in [0.1, 0.15) is 30.1 Å². The summed E-state index contributed by atoms with van der Waals surface area (Å²) in [5.74, 6) is -0.309. The Morgan fingerprint density at radius 2 is 2.24 bits per heavy atom. The minimum absolute atomic E-state index is 0.0116. The second-order valence-corrected chi connectivity index (χ2v) is 4.83. The number of hydrogen-bond acceptors (Lipinski definition) is 6. The zero-order valence-corrected chi connectivity index (χ0v) is 11.8. The lowest BCUT2D eigenvalue weighted by molar-refractivity contribution is -0.385. The number of piperidine rings is 1. The van der Waals surface area contributed by atoms with Crippen molar-refractivity contribution in [3.05, 3.63) is 27.9 Å². The van der Waals surface area contributed by atoms with E-state index in [-0.39, 0.29) is 29.1 Å². The first kappa shape index (κ1) is 15.2. The standard InChI is InChI=1S/C13H18N4O4/c1-2-21-10-3-5-16(6-4-10)13(18)11-7-9(17(19)20)8-15-12(11)14/h7-8,10H,2-6H2,1H3,(H2,14,15). The highest BCUT2D eigenvalue weighted by molar-refractivity contribution is 5.98. The first-order valence-corrected chi connectivity index (χ1v) is 6.83. The van der Waals surface area contributed by atoms with E-state index in [9.17, 15) is 14.9 Å². The van der Waals surface area contributed by atoms with Gasteiger partial charge in [-0.3, -0.25) is 14.9 Å². The molecule has 1 aliphatic rings. The number of carbonyl (C=O) groups is 1. The lowest BCUT2D eigenvalue weighted by atomic mass is 10.1. The highest BCUT2D eigenvalue weighted by Gasteiger charge is 2.26. The first-order chi connectivity index (χ1) is 10.0. The average Bonchev–Trinajstić information content (AvgIpc) is 2.48. The van der Waals surface area contributed by atoms with Gasteiger partial charge in [-0.1, -0.05) is 0 Å². The Labute approximate surface area is 122 Å². The number of pyridine rings is 1. The Bertz CT molecular complexity index is 541. The molecule has 2 N–H and O–H groups in total. The number of nitro groups is 1. The predicted molar refractivity (Wildman–Crippen MR) is 75.9 cm³/mol. The lowest BCUT2D eigenvalue weighted by Gasteiger charge is -2.31. The SMILES string of the molecule is CCOC1CCN(C(=O)c2cc([N+](=O)[O-])cnc2N)CC1. The number of aromatic nitrogens is 1. The van der Waals surface area contributed by atoms with Gasteiger partial charge in [-0.2, -0.15) is 0 Å². The van der Waals surface area contributed by atoms with Crippen LogP contribution in [0, 0.1) is 10.1 Å². The first-order valence-electron chi connectivity index (χ1n) is 6.83. The molecule has 8 nitrogen and oxygen atoms in total. The van der Waals surface area contributed by atoms with Crippen molar-refractivity contribution in [2.24, 2.45) is 0 Å². The molecule has 1 aliphatic heterocycles. The number of rotatable bonds is 4. The molecule has 21 heavy (non-hydrogen) atoms. The zero-order valence-electron chi connectivity index (χ0n) is 11.8. The average molecular weight is 294 g/mol. The van der Waals surface area contributed by atoms with Crippen LogP contribution < -0.4 is 5.73 Å². The summed E-state index contributed by atoms with van der Waals surface area (Å²) in [7, 11) is 0. The fourth-order valence-corrected chi connectivity index (χ4v) is 2.37. The van der Waals surface area contributed by atoms with Gasteiger partial charge in [0, 0.05) is 25.8 Å². The maximum absolute atomic E-state index is 12.4. The number of ether oxygens (including phenoxy) is 1. The van der Waals surface area contributed by atoms with E-state index >= 15 is 0 Å². The van der Waals surface area contributed by atoms with Crippen LogP contribution in [0.5, 0.6) is 0 Å². The van der Waals surface area contributed by atoms with Crippen molar-refractivity contribution in [3.8, 4) is 0 Å². The van der Waals surface area contributed by atoms with Crippen LogP contribution in [0.15, 0.2) is 12.3 Å². The van der Waals surface area contributed by atoms with Crippen LogP contribution in [-0.4, -0.2) is 46.5 Å². The van der Waals surface area contributed by atoms with Gasteiger partial charge in [-0.05, 0) is 19.8 Å². The molecule has 1 fully saturated rings. The van der Waals surface area contributed by atoms with Crippen LogP contribution in [0.3, 0.4) is 0 Å². The van der Waals surface area contributed by atoms with Crippen molar-refractivity contribution in [1.82, 2.24) is 9.88 Å². The summed E-state index contributed by atoms with van der Waals surface area (Å²) < 4.78 is 5.53. The third kappa shape index (κ3) is 3.46. The van der Waals surface area contributed by atoms with Gasteiger partial charge in [-0.15, -0.1) is 0 Å². The molecule has 1 aromatic rings. The summed E-state index contributed by atoms with van der Waals surface area (Å²) in [4.78, 5) is 27.9. The molecular formula is C13H18N4O4. The number of nitrogens with zero attached hydrogens (tertiary/aromatic N) is 3. The molecule has 1 aromatic heterocycles. The molecule has 2 heterocycles. The molecular weight excluding hydrogens is 276 g/mol. The summed E-state index contributed by atoms with van der Waals surface area (Å²) in [6.07, 6.45) is 2.72. The van der Waals surface area contributed by atoms with Crippen LogP contribution >= 0.6 is 0 Å². The van der Waals surface area contributed by atoms with Crippen molar-refractivity contribution >= 4 is 17.4 Å². The lowest BCUT2D eigenvalue weighted by Crippen LogP contribution is -2.41. The summed E-state index contributed by atoms with van der Waals surface area (Å²) in [5, 5.41) is 10.8. The van der Waals surface area contributed by atoms with Crippen LogP contribution in [0.2, 0.25) is 0 Å². The number of nitrogen functional groups attached to an aromatic ring is 1. The normalized spacial score (nSPS) is 16.0. The third-order valence-electron chi connectivity index (χ3n) is 3.48. The van der Waals surface area contributed by atoms with Gasteiger partial charge in [0.15, 0.2) is 0 Å². The smallest absolute Gasteiger partial charge is 0.288 e. The van der Waals surface area contributed by atoms with Crippen molar-refractivity contribution in [3.63, 3.8) is 0 Å². The summed E-state index contributed by atoms with van der Waals surface area (Å²) >= 11 is 0. The van der Waals surface area contributed by atoms with Crippen molar-refractivity contribution in [1.29, 1.82) is 0 Å². The molecule has 0 aromatic carbocycles. The van der Waals surface area contributed by atoms with Crippen LogP contribution in [0.25, 0.3) is 0 Å². The summed E-state index contributed by atoms with van der Waals surface area (Å²) in [6, 6.07) is 1.18. The Morgan fingerprint density at radius 1 is 1.57 bits per heavy atom. The Hall–Kier alpha value is -2.22. The van der Waals surface area contributed by atoms with Gasteiger partial charge in [0.1, 0.15) is 12.0 Å². The molecule has 0 spiro atoms. The number of anilines is 1. The zero-order chi connectivity index (χ0) is 15.4. The van der Waals surface area contributed by atoms with E-state index in [1.54, 1.807) is 4.90 Å². The van der Waals surface area contributed by atoms with Crippen molar-refractivity contribution in [2.75, 3.05) is 25.4 Å². The highest BCUT2D eigenvalue weighted by Crippen LogP contribution is 2.21. The fourth-order valence-electron chi connectivity index (χ4n) is 2.37. The van der Waals surface area contributed by atoms with Crippen molar-refractivity contribution < 1.29 is 14.5 Å². The summed E-state index contributed by atoms with van der Waals surface area (Å²) in [5.41, 5.74) is 5.51. The third-order valence-corrected chi connectivity index (χ3v) is 3.48. The Morgan fingerprint density at radius 3 is 2.81 bits per heavy atom. The predicted octanol–water partition coefficient (Wildman–Crippen LogP) is 1.21. The quantitative estimate of drug-likeness (QED) is 0.660. The largest absolute Gasteiger partial charge is 0.383 e. The number of nitrogens with two attached hydrogens (primary N) is 1. The second-order valence-electron chi connectivity index (χ2n) is 4.83. The molecule has 114 valence electrons. The summed E-state index contributed by atoms with van der Waals surface area (Å²) in [6.45, 7) is 3.69. The molecule has 1 amide bonds. The molecule has 2 rings (SSSR count). The number of likely N-dealkylation sites (tertiary alicyclic amines) is 1. The molecule has 0 saturated carbocycles. The van der Waals surface area contributed by atoms with E-state index in [2.05, 4.69) is 4.98 Å². The molecule has 1 saturated heterocycles. The molecule has 0 atom stereocenters. The minimum atomic E-state index is -0.593.